The summed E-state index contributed by atoms with van der Waals surface area (Å²) in [5.74, 6) is 3.35. The van der Waals surface area contributed by atoms with Gasteiger partial charge in [0.2, 0.25) is 0 Å². The molecule has 0 heteroatoms. The molecule has 2 fully saturated rings. The Hall–Kier alpha value is 0. The third-order valence-corrected chi connectivity index (χ3v) is 3.47. The molecule has 2 aliphatic carbocycles. The third kappa shape index (κ3) is 0.980. The van der Waals surface area contributed by atoms with E-state index in [-0.39, 0.29) is 0 Å². The van der Waals surface area contributed by atoms with Crippen LogP contribution in [0.2, 0.25) is 0 Å². The van der Waals surface area contributed by atoms with Gasteiger partial charge in [0.15, 0.2) is 0 Å². The van der Waals surface area contributed by atoms with Gasteiger partial charge < -0.3 is 0 Å². The van der Waals surface area contributed by atoms with E-state index in [1.54, 1.807) is 6.42 Å². The molecule has 0 aromatic heterocycles. The topological polar surface area (TPSA) is 0 Å². The summed E-state index contributed by atoms with van der Waals surface area (Å²) in [5, 5.41) is 0. The van der Waals surface area contributed by atoms with Gasteiger partial charge in [-0.3, -0.25) is 0 Å². The van der Waals surface area contributed by atoms with Gasteiger partial charge in [-0.2, -0.15) is 0 Å². The van der Waals surface area contributed by atoms with Crippen LogP contribution < -0.4 is 0 Å². The van der Waals surface area contributed by atoms with Gasteiger partial charge in [0.25, 0.3) is 0 Å². The number of fused-ring (bicyclic) bond motifs is 1. The number of hydrogen-bond acceptors (Lipinski definition) is 0. The first kappa shape index (κ1) is 6.69. The Labute approximate surface area is 64.0 Å². The molecule has 2 saturated carbocycles. The van der Waals surface area contributed by atoms with Crippen molar-refractivity contribution in [2.75, 3.05) is 0 Å². The van der Waals surface area contributed by atoms with Gasteiger partial charge in [0, 0.05) is 0 Å². The lowest BCUT2D eigenvalue weighted by atomic mass is 9.78. The van der Waals surface area contributed by atoms with E-state index in [0.717, 1.165) is 17.8 Å². The van der Waals surface area contributed by atoms with E-state index in [2.05, 4.69) is 20.8 Å². The molecule has 0 amide bonds. The van der Waals surface area contributed by atoms with E-state index in [4.69, 9.17) is 0 Å². The summed E-state index contributed by atoms with van der Waals surface area (Å²) in [7, 11) is 0. The van der Waals surface area contributed by atoms with Gasteiger partial charge in [-0.25, -0.2) is 0 Å². The normalized spacial score (nSPS) is 45.3. The predicted octanol–water partition coefficient (Wildman–Crippen LogP) is 3.08. The van der Waals surface area contributed by atoms with Crippen LogP contribution in [0.3, 0.4) is 0 Å². The van der Waals surface area contributed by atoms with Crippen LogP contribution in [0.1, 0.15) is 40.0 Å². The fourth-order valence-electron chi connectivity index (χ4n) is 2.42. The molecule has 0 N–H and O–H groups in total. The Balaban J connectivity index is 1.97. The van der Waals surface area contributed by atoms with Crippen molar-refractivity contribution in [2.24, 2.45) is 23.2 Å². The molecule has 2 rings (SSSR count). The van der Waals surface area contributed by atoms with E-state index < -0.39 is 0 Å². The molecule has 0 heterocycles. The van der Waals surface area contributed by atoms with Crippen molar-refractivity contribution >= 4 is 0 Å². The highest BCUT2D eigenvalue weighted by Crippen LogP contribution is 2.58. The van der Waals surface area contributed by atoms with Crippen LogP contribution in [0.5, 0.6) is 0 Å². The second kappa shape index (κ2) is 1.78. The monoisotopic (exact) mass is 138 g/mol. The maximum atomic E-state index is 2.39. The molecule has 2 atom stereocenters. The van der Waals surface area contributed by atoms with E-state index >= 15 is 0 Å². The largest absolute Gasteiger partial charge is 0.0599 e. The zero-order chi connectivity index (χ0) is 7.35. The molecule has 0 saturated heterocycles. The molecule has 0 aromatic carbocycles. The van der Waals surface area contributed by atoms with Gasteiger partial charge in [0.05, 0.1) is 0 Å². The summed E-state index contributed by atoms with van der Waals surface area (Å²) >= 11 is 0. The van der Waals surface area contributed by atoms with Crippen molar-refractivity contribution in [2.45, 2.75) is 40.0 Å². The first-order chi connectivity index (χ1) is 4.57. The van der Waals surface area contributed by atoms with Gasteiger partial charge >= 0.3 is 0 Å². The maximum absolute atomic E-state index is 2.39. The van der Waals surface area contributed by atoms with Gasteiger partial charge in [-0.1, -0.05) is 20.8 Å². The van der Waals surface area contributed by atoms with Crippen LogP contribution in [0.25, 0.3) is 0 Å². The lowest BCUT2D eigenvalue weighted by Crippen LogP contribution is -2.18. The standard InChI is InChI=1S/C10H18/c1-10(2,3)9-5-7-4-8(7)6-9/h7-9H,4-6H2,1-3H3. The Morgan fingerprint density at radius 2 is 1.40 bits per heavy atom. The van der Waals surface area contributed by atoms with Crippen molar-refractivity contribution in [1.82, 2.24) is 0 Å². The van der Waals surface area contributed by atoms with Crippen molar-refractivity contribution < 1.29 is 0 Å². The van der Waals surface area contributed by atoms with E-state index in [0.29, 0.717) is 5.41 Å². The minimum absolute atomic E-state index is 0.591. The summed E-state index contributed by atoms with van der Waals surface area (Å²) in [6, 6.07) is 0. The summed E-state index contributed by atoms with van der Waals surface area (Å²) in [4.78, 5) is 0. The van der Waals surface area contributed by atoms with Crippen LogP contribution in [-0.4, -0.2) is 0 Å². The SMILES string of the molecule is CC(C)(C)C1CC2CC2C1. The maximum Gasteiger partial charge on any atom is -0.0354 e. The number of hydrogen-bond donors (Lipinski definition) is 0. The first-order valence-corrected chi connectivity index (χ1v) is 4.57. The van der Waals surface area contributed by atoms with E-state index in [1.165, 1.54) is 12.8 Å². The van der Waals surface area contributed by atoms with Crippen molar-refractivity contribution in [3.63, 3.8) is 0 Å². The molecule has 2 aliphatic rings. The zero-order valence-electron chi connectivity index (χ0n) is 7.35. The molecule has 10 heavy (non-hydrogen) atoms. The lowest BCUT2D eigenvalue weighted by molar-refractivity contribution is 0.227. The van der Waals surface area contributed by atoms with Crippen molar-refractivity contribution in [3.8, 4) is 0 Å². The highest BCUT2D eigenvalue weighted by Gasteiger charge is 2.48. The van der Waals surface area contributed by atoms with Crippen LogP contribution >= 0.6 is 0 Å². The molecule has 0 radical (unpaired) electrons. The summed E-state index contributed by atoms with van der Waals surface area (Å²) in [6.07, 6.45) is 4.63. The van der Waals surface area contributed by atoms with Crippen molar-refractivity contribution in [3.05, 3.63) is 0 Å². The zero-order valence-corrected chi connectivity index (χ0v) is 7.35. The quantitative estimate of drug-likeness (QED) is 0.482. The van der Waals surface area contributed by atoms with Gasteiger partial charge in [0.1, 0.15) is 0 Å². The lowest BCUT2D eigenvalue weighted by Gasteiger charge is -2.27. The van der Waals surface area contributed by atoms with Crippen LogP contribution in [0.15, 0.2) is 0 Å². The first-order valence-electron chi connectivity index (χ1n) is 4.57. The predicted molar refractivity (Wildman–Crippen MR) is 43.8 cm³/mol. The Morgan fingerprint density at radius 3 is 1.70 bits per heavy atom. The summed E-state index contributed by atoms with van der Waals surface area (Å²) in [5.41, 5.74) is 0.591. The van der Waals surface area contributed by atoms with Gasteiger partial charge in [-0.15, -0.1) is 0 Å². The average molecular weight is 138 g/mol. The van der Waals surface area contributed by atoms with Crippen molar-refractivity contribution in [1.29, 1.82) is 0 Å². The Bertz CT molecular complexity index is 131. The van der Waals surface area contributed by atoms with Crippen LogP contribution in [0, 0.1) is 23.2 Å². The van der Waals surface area contributed by atoms with Crippen LogP contribution in [-0.2, 0) is 0 Å². The molecule has 0 bridgehead atoms. The molecule has 0 aliphatic heterocycles. The minimum Gasteiger partial charge on any atom is -0.0599 e. The summed E-state index contributed by atoms with van der Waals surface area (Å²) in [6.45, 7) is 7.17. The second-order valence-corrected chi connectivity index (χ2v) is 5.29. The van der Waals surface area contributed by atoms with Crippen LogP contribution in [0.4, 0.5) is 0 Å². The highest BCUT2D eigenvalue weighted by atomic mass is 14.5. The fourth-order valence-corrected chi connectivity index (χ4v) is 2.42. The highest BCUT2D eigenvalue weighted by molar-refractivity contribution is 4.98. The third-order valence-electron chi connectivity index (χ3n) is 3.47. The smallest absolute Gasteiger partial charge is 0.0354 e. The Morgan fingerprint density at radius 1 is 0.900 bits per heavy atom. The second-order valence-electron chi connectivity index (χ2n) is 5.29. The van der Waals surface area contributed by atoms with Gasteiger partial charge in [-0.05, 0) is 42.4 Å². The molecule has 0 aromatic rings. The molecule has 58 valence electrons. The molecule has 2 unspecified atom stereocenters. The molecule has 0 nitrogen and oxygen atoms in total. The van der Waals surface area contributed by atoms with E-state index in [1.807, 2.05) is 0 Å². The minimum atomic E-state index is 0.591. The number of rotatable bonds is 0. The molecule has 0 spiro atoms. The average Bonchev–Trinajstić information content (AvgIpc) is 2.38. The molecular formula is C10H18. The van der Waals surface area contributed by atoms with E-state index in [9.17, 15) is 0 Å². The fraction of sp³-hybridized carbons (Fsp3) is 1.00. The summed E-state index contributed by atoms with van der Waals surface area (Å²) < 4.78 is 0. The molecular weight excluding hydrogens is 120 g/mol. The Kier molecular flexibility index (Phi) is 1.19.